The highest BCUT2D eigenvalue weighted by atomic mass is 79.9. The SMILES string of the molecule is O=[SH](=O)C(CCBr)C(F)C(F)C(F)C(F)F. The number of rotatable bonds is 7. The topological polar surface area (TPSA) is 34.1 Å². The van der Waals surface area contributed by atoms with Gasteiger partial charge in [-0.3, -0.25) is 0 Å². The Labute approximate surface area is 99.3 Å². The van der Waals surface area contributed by atoms with Crippen LogP contribution in [0.3, 0.4) is 0 Å². The molecule has 0 radical (unpaired) electrons. The molecule has 0 fully saturated rings. The molecular weight excluding hydrogens is 323 g/mol. The van der Waals surface area contributed by atoms with Gasteiger partial charge in [0.2, 0.25) is 0 Å². The van der Waals surface area contributed by atoms with Gasteiger partial charge in [-0.2, -0.15) is 0 Å². The third kappa shape index (κ3) is 4.52. The second-order valence-corrected chi connectivity index (χ2v) is 5.03. The van der Waals surface area contributed by atoms with Crippen molar-refractivity contribution in [2.24, 2.45) is 0 Å². The quantitative estimate of drug-likeness (QED) is 0.440. The van der Waals surface area contributed by atoms with Gasteiger partial charge in [0, 0.05) is 5.33 Å². The minimum Gasteiger partial charge on any atom is -0.243 e. The fraction of sp³-hybridized carbons (Fsp3) is 1.00. The van der Waals surface area contributed by atoms with Crippen LogP contribution >= 0.6 is 15.9 Å². The third-order valence-electron chi connectivity index (χ3n) is 1.89. The van der Waals surface area contributed by atoms with E-state index < -0.39 is 40.9 Å². The zero-order valence-corrected chi connectivity index (χ0v) is 10.3. The molecule has 0 aliphatic rings. The second-order valence-electron chi connectivity index (χ2n) is 3.00. The van der Waals surface area contributed by atoms with Crippen LogP contribution in [0.1, 0.15) is 6.42 Å². The first-order valence-corrected chi connectivity index (χ1v) is 6.59. The van der Waals surface area contributed by atoms with E-state index in [9.17, 15) is 30.4 Å². The van der Waals surface area contributed by atoms with Crippen molar-refractivity contribution in [1.29, 1.82) is 0 Å². The van der Waals surface area contributed by atoms with Gasteiger partial charge in [-0.15, -0.1) is 0 Å². The molecule has 0 aromatic rings. The summed E-state index contributed by atoms with van der Waals surface area (Å²) in [6.45, 7) is 0. The lowest BCUT2D eigenvalue weighted by molar-refractivity contribution is -0.0236. The largest absolute Gasteiger partial charge is 0.272 e. The summed E-state index contributed by atoms with van der Waals surface area (Å²) in [5.74, 6) is 0. The predicted molar refractivity (Wildman–Crippen MR) is 53.2 cm³/mol. The molecule has 0 amide bonds. The van der Waals surface area contributed by atoms with Crippen molar-refractivity contribution in [3.63, 3.8) is 0 Å². The van der Waals surface area contributed by atoms with Crippen molar-refractivity contribution in [2.45, 2.75) is 36.6 Å². The molecule has 9 heteroatoms. The minimum absolute atomic E-state index is 0.0414. The Kier molecular flexibility index (Phi) is 7.45. The number of alkyl halides is 6. The van der Waals surface area contributed by atoms with Gasteiger partial charge in [-0.25, -0.2) is 30.4 Å². The molecule has 0 bridgehead atoms. The Balaban J connectivity index is 4.66. The van der Waals surface area contributed by atoms with Crippen molar-refractivity contribution < 1.29 is 30.4 Å². The van der Waals surface area contributed by atoms with Crippen LogP contribution in [0.25, 0.3) is 0 Å². The molecular formula is C7H10BrF5O2S. The molecule has 0 saturated heterocycles. The summed E-state index contributed by atoms with van der Waals surface area (Å²) in [5, 5.41) is -1.76. The number of halogens is 6. The first-order chi connectivity index (χ1) is 7.32. The van der Waals surface area contributed by atoms with E-state index in [2.05, 4.69) is 15.9 Å². The third-order valence-corrected chi connectivity index (χ3v) is 3.43. The fourth-order valence-electron chi connectivity index (χ4n) is 1.02. The first-order valence-electron chi connectivity index (χ1n) is 4.22. The highest BCUT2D eigenvalue weighted by Crippen LogP contribution is 2.23. The van der Waals surface area contributed by atoms with Crippen LogP contribution in [0.2, 0.25) is 0 Å². The Bertz CT molecular complexity index is 268. The van der Waals surface area contributed by atoms with E-state index in [4.69, 9.17) is 0 Å². The molecule has 0 aliphatic carbocycles. The van der Waals surface area contributed by atoms with Gasteiger partial charge >= 0.3 is 0 Å². The summed E-state index contributed by atoms with van der Waals surface area (Å²) in [4.78, 5) is 0. The van der Waals surface area contributed by atoms with Crippen LogP contribution in [0, 0.1) is 0 Å². The van der Waals surface area contributed by atoms with E-state index in [1.165, 1.54) is 0 Å². The number of thiol groups is 1. The van der Waals surface area contributed by atoms with Crippen molar-refractivity contribution in [2.75, 3.05) is 5.33 Å². The van der Waals surface area contributed by atoms with E-state index >= 15 is 0 Å². The van der Waals surface area contributed by atoms with Crippen LogP contribution in [0.5, 0.6) is 0 Å². The lowest BCUT2D eigenvalue weighted by atomic mass is 10.1. The zero-order valence-electron chi connectivity index (χ0n) is 7.83. The molecule has 2 nitrogen and oxygen atoms in total. The predicted octanol–water partition coefficient (Wildman–Crippen LogP) is 2.03. The average Bonchev–Trinajstić information content (AvgIpc) is 2.22. The molecule has 0 N–H and O–H groups in total. The van der Waals surface area contributed by atoms with Crippen molar-refractivity contribution in [1.82, 2.24) is 0 Å². The Hall–Kier alpha value is 0.0800. The molecule has 4 unspecified atom stereocenters. The molecule has 4 atom stereocenters. The maximum absolute atomic E-state index is 13.2. The number of hydrogen-bond acceptors (Lipinski definition) is 2. The molecule has 16 heavy (non-hydrogen) atoms. The van der Waals surface area contributed by atoms with E-state index in [0.717, 1.165) is 0 Å². The van der Waals surface area contributed by atoms with Gasteiger partial charge in [0.05, 0.1) is 5.25 Å². The van der Waals surface area contributed by atoms with Crippen LogP contribution in [-0.2, 0) is 10.7 Å². The van der Waals surface area contributed by atoms with Crippen LogP contribution < -0.4 is 0 Å². The van der Waals surface area contributed by atoms with Gasteiger partial charge in [-0.1, -0.05) is 15.9 Å². The first kappa shape index (κ1) is 16.1. The van der Waals surface area contributed by atoms with Crippen molar-refractivity contribution >= 4 is 26.6 Å². The number of hydrogen-bond donors (Lipinski definition) is 1. The lowest BCUT2D eigenvalue weighted by Gasteiger charge is -2.20. The van der Waals surface area contributed by atoms with E-state index in [1.807, 2.05) is 0 Å². The van der Waals surface area contributed by atoms with Crippen LogP contribution in [0.15, 0.2) is 0 Å². The van der Waals surface area contributed by atoms with Gasteiger partial charge < -0.3 is 0 Å². The molecule has 0 heterocycles. The highest BCUT2D eigenvalue weighted by Gasteiger charge is 2.41. The molecule has 0 aliphatic heterocycles. The summed E-state index contributed by atoms with van der Waals surface area (Å²) < 4.78 is 83.0. The van der Waals surface area contributed by atoms with Gasteiger partial charge in [-0.05, 0) is 6.42 Å². The molecule has 98 valence electrons. The monoisotopic (exact) mass is 332 g/mol. The summed E-state index contributed by atoms with van der Waals surface area (Å²) in [7, 11) is -3.34. The zero-order chi connectivity index (χ0) is 12.9. The molecule has 0 aromatic heterocycles. The standard InChI is InChI=1S/C7H10BrF5O2S/c8-2-1-3(16(14)15)4(9)5(10)6(11)7(12)13/h3-7,16H,1-2H2. The lowest BCUT2D eigenvalue weighted by Crippen LogP contribution is -2.40. The summed E-state index contributed by atoms with van der Waals surface area (Å²) in [5.41, 5.74) is 0. The van der Waals surface area contributed by atoms with E-state index in [1.54, 1.807) is 0 Å². The summed E-state index contributed by atoms with van der Waals surface area (Å²) in [6.07, 6.45) is -13.2. The maximum Gasteiger partial charge on any atom is 0.272 e. The van der Waals surface area contributed by atoms with Crippen molar-refractivity contribution in [3.8, 4) is 0 Å². The average molecular weight is 333 g/mol. The Morgan fingerprint density at radius 2 is 1.44 bits per heavy atom. The Morgan fingerprint density at radius 1 is 0.938 bits per heavy atom. The molecule has 0 aromatic carbocycles. The molecule has 0 rings (SSSR count). The second kappa shape index (κ2) is 7.41. The molecule has 0 saturated carbocycles. The van der Waals surface area contributed by atoms with Crippen LogP contribution in [-0.4, -0.2) is 43.9 Å². The summed E-state index contributed by atoms with van der Waals surface area (Å²) in [6, 6.07) is 0. The fourth-order valence-corrected chi connectivity index (χ4v) is 2.60. The minimum atomic E-state index is -3.68. The van der Waals surface area contributed by atoms with Gasteiger partial charge in [0.25, 0.3) is 6.43 Å². The smallest absolute Gasteiger partial charge is 0.243 e. The molecule has 0 spiro atoms. The van der Waals surface area contributed by atoms with Gasteiger partial charge in [0.1, 0.15) is 10.7 Å². The maximum atomic E-state index is 13.2. The van der Waals surface area contributed by atoms with E-state index in [-0.39, 0.29) is 11.8 Å². The van der Waals surface area contributed by atoms with Crippen molar-refractivity contribution in [3.05, 3.63) is 0 Å². The van der Waals surface area contributed by atoms with Crippen LogP contribution in [0.4, 0.5) is 22.0 Å². The summed E-state index contributed by atoms with van der Waals surface area (Å²) >= 11 is 2.80. The van der Waals surface area contributed by atoms with Gasteiger partial charge in [0.15, 0.2) is 18.5 Å². The Morgan fingerprint density at radius 3 is 1.75 bits per heavy atom. The normalized spacial score (nSPS) is 19.8. The van der Waals surface area contributed by atoms with E-state index in [0.29, 0.717) is 0 Å². The highest BCUT2D eigenvalue weighted by molar-refractivity contribution is 9.09.